The van der Waals surface area contributed by atoms with E-state index < -0.39 is 10.0 Å². The maximum Gasteiger partial charge on any atom is 0.244 e. The van der Waals surface area contributed by atoms with Crippen LogP contribution in [0, 0.1) is 6.92 Å². The average molecular weight is 379 g/mol. The van der Waals surface area contributed by atoms with Gasteiger partial charge in [-0.3, -0.25) is 4.79 Å². The van der Waals surface area contributed by atoms with Crippen LogP contribution in [0.5, 0.6) is 0 Å². The molecular weight excluding hydrogens is 360 g/mol. The van der Waals surface area contributed by atoms with Crippen molar-refractivity contribution in [1.82, 2.24) is 5.32 Å². The van der Waals surface area contributed by atoms with Gasteiger partial charge in [-0.1, -0.05) is 35.9 Å². The minimum absolute atomic E-state index is 0.0333. The lowest BCUT2D eigenvalue weighted by molar-refractivity contribution is -0.117. The molecule has 0 saturated carbocycles. The van der Waals surface area contributed by atoms with E-state index in [4.69, 9.17) is 16.7 Å². The third-order valence-electron chi connectivity index (χ3n) is 3.69. The van der Waals surface area contributed by atoms with Gasteiger partial charge < -0.3 is 5.32 Å². The Labute approximate surface area is 152 Å². The first-order chi connectivity index (χ1) is 11.7. The van der Waals surface area contributed by atoms with Crippen molar-refractivity contribution < 1.29 is 13.2 Å². The second kappa shape index (κ2) is 7.82. The van der Waals surface area contributed by atoms with Gasteiger partial charge in [0, 0.05) is 11.1 Å². The number of primary sulfonamides is 1. The fourth-order valence-corrected chi connectivity index (χ4v) is 2.88. The average Bonchev–Trinajstić information content (AvgIpc) is 2.55. The number of benzene rings is 2. The Kier molecular flexibility index (Phi) is 6.00. The number of amides is 1. The summed E-state index contributed by atoms with van der Waals surface area (Å²) >= 11 is 6.05. The molecule has 0 radical (unpaired) electrons. The number of carbonyl (C=O) groups is 1. The van der Waals surface area contributed by atoms with Crippen LogP contribution in [0.2, 0.25) is 5.02 Å². The summed E-state index contributed by atoms with van der Waals surface area (Å²) in [6.07, 6.45) is 3.10. The maximum absolute atomic E-state index is 12.0. The predicted molar refractivity (Wildman–Crippen MR) is 99.6 cm³/mol. The normalized spacial score (nSPS) is 13.0. The van der Waals surface area contributed by atoms with Crippen molar-refractivity contribution in [3.63, 3.8) is 0 Å². The van der Waals surface area contributed by atoms with E-state index in [-0.39, 0.29) is 16.8 Å². The van der Waals surface area contributed by atoms with E-state index in [1.165, 1.54) is 18.2 Å². The highest BCUT2D eigenvalue weighted by Gasteiger charge is 2.11. The Morgan fingerprint density at radius 2 is 1.84 bits per heavy atom. The molecule has 1 atom stereocenters. The fourth-order valence-electron chi connectivity index (χ4n) is 2.18. The number of carbonyl (C=O) groups excluding carboxylic acids is 1. The number of hydrogen-bond donors (Lipinski definition) is 2. The first kappa shape index (κ1) is 19.2. The summed E-state index contributed by atoms with van der Waals surface area (Å²) in [6.45, 7) is 3.71. The molecule has 5 nitrogen and oxygen atoms in total. The second-order valence-electron chi connectivity index (χ2n) is 5.69. The van der Waals surface area contributed by atoms with Crippen LogP contribution >= 0.6 is 11.6 Å². The van der Waals surface area contributed by atoms with Gasteiger partial charge in [0.1, 0.15) is 0 Å². The van der Waals surface area contributed by atoms with Gasteiger partial charge in [-0.05, 0) is 54.8 Å². The highest BCUT2D eigenvalue weighted by molar-refractivity contribution is 7.89. The number of nitrogens with two attached hydrogens (primary N) is 1. The standard InChI is InChI=1S/C18H19ClN2O3S/c1-12-3-4-14(11-17(12)19)5-10-18(22)21-13(2)15-6-8-16(9-7-15)25(20,23)24/h3-11,13H,1-2H3,(H,21,22)(H2,20,23,24)/b10-5+. The van der Waals surface area contributed by atoms with Gasteiger partial charge in [-0.15, -0.1) is 0 Å². The molecular formula is C18H19ClN2O3S. The highest BCUT2D eigenvalue weighted by Crippen LogP contribution is 2.18. The van der Waals surface area contributed by atoms with Crippen LogP contribution in [-0.2, 0) is 14.8 Å². The van der Waals surface area contributed by atoms with Crippen molar-refractivity contribution in [1.29, 1.82) is 0 Å². The molecule has 0 aliphatic carbocycles. The van der Waals surface area contributed by atoms with Crippen molar-refractivity contribution in [2.75, 3.05) is 0 Å². The molecule has 2 rings (SSSR count). The van der Waals surface area contributed by atoms with Crippen molar-refractivity contribution >= 4 is 33.6 Å². The van der Waals surface area contributed by atoms with Crippen LogP contribution in [0.3, 0.4) is 0 Å². The minimum Gasteiger partial charge on any atom is -0.346 e. The second-order valence-corrected chi connectivity index (χ2v) is 7.65. The lowest BCUT2D eigenvalue weighted by Gasteiger charge is -2.13. The van der Waals surface area contributed by atoms with E-state index in [2.05, 4.69) is 5.32 Å². The summed E-state index contributed by atoms with van der Waals surface area (Å²) < 4.78 is 22.5. The van der Waals surface area contributed by atoms with Gasteiger partial charge in [0.2, 0.25) is 15.9 Å². The van der Waals surface area contributed by atoms with Crippen molar-refractivity contribution in [2.45, 2.75) is 24.8 Å². The zero-order chi connectivity index (χ0) is 18.6. The van der Waals surface area contributed by atoms with Crippen LogP contribution in [0.4, 0.5) is 0 Å². The lowest BCUT2D eigenvalue weighted by Crippen LogP contribution is -2.24. The smallest absolute Gasteiger partial charge is 0.244 e. The Morgan fingerprint density at radius 3 is 2.40 bits per heavy atom. The number of halogens is 1. The van der Waals surface area contributed by atoms with Gasteiger partial charge in [-0.2, -0.15) is 0 Å². The van der Waals surface area contributed by atoms with E-state index in [0.29, 0.717) is 5.02 Å². The quantitative estimate of drug-likeness (QED) is 0.783. The third kappa shape index (κ3) is 5.42. The van der Waals surface area contributed by atoms with Gasteiger partial charge in [-0.25, -0.2) is 13.6 Å². The van der Waals surface area contributed by atoms with E-state index in [1.807, 2.05) is 19.1 Å². The maximum atomic E-state index is 12.0. The minimum atomic E-state index is -3.72. The number of rotatable bonds is 5. The molecule has 7 heteroatoms. The SMILES string of the molecule is Cc1ccc(/C=C/C(=O)NC(C)c2ccc(S(N)(=O)=O)cc2)cc1Cl. The van der Waals surface area contributed by atoms with Crippen LogP contribution < -0.4 is 10.5 Å². The zero-order valence-corrected chi connectivity index (χ0v) is 15.4. The third-order valence-corrected chi connectivity index (χ3v) is 5.03. The van der Waals surface area contributed by atoms with E-state index in [1.54, 1.807) is 31.2 Å². The Hall–Kier alpha value is -2.15. The summed E-state index contributed by atoms with van der Waals surface area (Å²) in [5, 5.41) is 8.52. The molecule has 132 valence electrons. The van der Waals surface area contributed by atoms with Gasteiger partial charge in [0.25, 0.3) is 0 Å². The summed E-state index contributed by atoms with van der Waals surface area (Å²) in [5.41, 5.74) is 2.57. The Balaban J connectivity index is 2.02. The summed E-state index contributed by atoms with van der Waals surface area (Å²) in [6, 6.07) is 11.3. The van der Waals surface area contributed by atoms with E-state index in [9.17, 15) is 13.2 Å². The molecule has 1 unspecified atom stereocenters. The number of nitrogens with one attached hydrogen (secondary N) is 1. The largest absolute Gasteiger partial charge is 0.346 e. The first-order valence-electron chi connectivity index (χ1n) is 7.54. The van der Waals surface area contributed by atoms with Gasteiger partial charge in [0.15, 0.2) is 0 Å². The molecule has 0 aliphatic rings. The van der Waals surface area contributed by atoms with Crippen LogP contribution in [-0.4, -0.2) is 14.3 Å². The summed E-state index contributed by atoms with van der Waals surface area (Å²) in [7, 11) is -3.72. The molecule has 0 saturated heterocycles. The lowest BCUT2D eigenvalue weighted by atomic mass is 10.1. The monoisotopic (exact) mass is 378 g/mol. The van der Waals surface area contributed by atoms with Crippen molar-refractivity contribution in [3.8, 4) is 0 Å². The van der Waals surface area contributed by atoms with Crippen LogP contribution in [0.1, 0.15) is 29.7 Å². The molecule has 2 aromatic carbocycles. The van der Waals surface area contributed by atoms with E-state index in [0.717, 1.165) is 16.7 Å². The molecule has 0 heterocycles. The highest BCUT2D eigenvalue weighted by atomic mass is 35.5. The molecule has 0 bridgehead atoms. The molecule has 0 spiro atoms. The van der Waals surface area contributed by atoms with Crippen LogP contribution in [0.15, 0.2) is 53.4 Å². The van der Waals surface area contributed by atoms with Gasteiger partial charge in [0.05, 0.1) is 10.9 Å². The Bertz CT molecular complexity index is 906. The van der Waals surface area contributed by atoms with Crippen LogP contribution in [0.25, 0.3) is 6.08 Å². The summed E-state index contributed by atoms with van der Waals surface area (Å²) in [5.74, 6) is -0.264. The van der Waals surface area contributed by atoms with Crippen molar-refractivity contribution in [3.05, 3.63) is 70.3 Å². The topological polar surface area (TPSA) is 89.3 Å². The van der Waals surface area contributed by atoms with E-state index >= 15 is 0 Å². The fraction of sp³-hybridized carbons (Fsp3) is 0.167. The molecule has 2 aromatic rings. The molecule has 0 aromatic heterocycles. The molecule has 1 amide bonds. The zero-order valence-electron chi connectivity index (χ0n) is 13.9. The Morgan fingerprint density at radius 1 is 1.20 bits per heavy atom. The molecule has 0 aliphatic heterocycles. The molecule has 3 N–H and O–H groups in total. The molecule has 0 fully saturated rings. The number of aryl methyl sites for hydroxylation is 1. The first-order valence-corrected chi connectivity index (χ1v) is 9.47. The van der Waals surface area contributed by atoms with Crippen molar-refractivity contribution in [2.24, 2.45) is 5.14 Å². The molecule has 25 heavy (non-hydrogen) atoms. The number of hydrogen-bond acceptors (Lipinski definition) is 3. The van der Waals surface area contributed by atoms with Gasteiger partial charge >= 0.3 is 0 Å². The summed E-state index contributed by atoms with van der Waals surface area (Å²) in [4.78, 5) is 12.1. The predicted octanol–water partition coefficient (Wildman–Crippen LogP) is 3.19. The number of sulfonamides is 1.